The zero-order valence-electron chi connectivity index (χ0n) is 7.92. The first kappa shape index (κ1) is 10.2. The van der Waals surface area contributed by atoms with Gasteiger partial charge in [-0.3, -0.25) is 9.69 Å². The van der Waals surface area contributed by atoms with Crippen LogP contribution in [0.1, 0.15) is 6.92 Å². The topological polar surface area (TPSA) is 52.6 Å². The Morgan fingerprint density at radius 1 is 1.77 bits per heavy atom. The van der Waals surface area contributed by atoms with E-state index >= 15 is 0 Å². The van der Waals surface area contributed by atoms with Crippen molar-refractivity contribution >= 4 is 5.91 Å². The summed E-state index contributed by atoms with van der Waals surface area (Å²) in [7, 11) is 0. The van der Waals surface area contributed by atoms with E-state index in [1.807, 2.05) is 4.90 Å². The summed E-state index contributed by atoms with van der Waals surface area (Å²) in [6, 6.07) is 0. The van der Waals surface area contributed by atoms with Crippen molar-refractivity contribution in [3.8, 4) is 0 Å². The Balaban J connectivity index is 2.13. The first-order valence-corrected chi connectivity index (χ1v) is 4.36. The lowest BCUT2D eigenvalue weighted by Crippen LogP contribution is -2.61. The zero-order chi connectivity index (χ0) is 9.90. The van der Waals surface area contributed by atoms with E-state index in [1.165, 1.54) is 0 Å². The van der Waals surface area contributed by atoms with Crippen LogP contribution in [0.3, 0.4) is 0 Å². The van der Waals surface area contributed by atoms with Gasteiger partial charge in [0.1, 0.15) is 0 Å². The van der Waals surface area contributed by atoms with E-state index in [-0.39, 0.29) is 5.91 Å². The van der Waals surface area contributed by atoms with Crippen molar-refractivity contribution in [1.29, 1.82) is 0 Å². The molecule has 1 amide bonds. The summed E-state index contributed by atoms with van der Waals surface area (Å²) in [5.74, 6) is -0.0181. The molecule has 1 fully saturated rings. The standard InChI is InChI=1S/C9H16N2O2/c1-3-4-10-8(12)5-11-6-9(2,13)7-11/h3,13H,1,4-7H2,2H3,(H,10,12). The predicted molar refractivity (Wildman–Crippen MR) is 50.3 cm³/mol. The number of nitrogens with zero attached hydrogens (tertiary/aromatic N) is 1. The molecule has 74 valence electrons. The fourth-order valence-electron chi connectivity index (χ4n) is 1.47. The molecule has 0 atom stereocenters. The van der Waals surface area contributed by atoms with E-state index in [4.69, 9.17) is 0 Å². The molecule has 1 aliphatic heterocycles. The number of hydrogen-bond donors (Lipinski definition) is 2. The van der Waals surface area contributed by atoms with Gasteiger partial charge in [0.15, 0.2) is 0 Å². The molecule has 0 unspecified atom stereocenters. The van der Waals surface area contributed by atoms with Gasteiger partial charge in [0.05, 0.1) is 12.1 Å². The Morgan fingerprint density at radius 2 is 2.38 bits per heavy atom. The second kappa shape index (κ2) is 3.89. The maximum Gasteiger partial charge on any atom is 0.234 e. The predicted octanol–water partition coefficient (Wildman–Crippen LogP) is -0.645. The SMILES string of the molecule is C=CCNC(=O)CN1CC(C)(O)C1. The number of nitrogens with one attached hydrogen (secondary N) is 1. The van der Waals surface area contributed by atoms with Crippen molar-refractivity contribution in [2.45, 2.75) is 12.5 Å². The third kappa shape index (κ3) is 3.16. The van der Waals surface area contributed by atoms with Crippen LogP contribution < -0.4 is 5.32 Å². The van der Waals surface area contributed by atoms with Crippen molar-refractivity contribution in [1.82, 2.24) is 10.2 Å². The van der Waals surface area contributed by atoms with Gasteiger partial charge < -0.3 is 10.4 Å². The lowest BCUT2D eigenvalue weighted by atomic mass is 9.97. The molecule has 4 nitrogen and oxygen atoms in total. The Kier molecular flexibility index (Phi) is 3.06. The smallest absolute Gasteiger partial charge is 0.234 e. The van der Waals surface area contributed by atoms with Crippen molar-refractivity contribution in [2.24, 2.45) is 0 Å². The molecule has 0 saturated carbocycles. The fourth-order valence-corrected chi connectivity index (χ4v) is 1.47. The summed E-state index contributed by atoms with van der Waals surface area (Å²) >= 11 is 0. The Bertz CT molecular complexity index is 206. The van der Waals surface area contributed by atoms with Crippen molar-refractivity contribution in [3.05, 3.63) is 12.7 Å². The molecule has 0 aromatic rings. The number of β-amino-alcohol motifs (C(OH)–C–C–N with tert-alkyl or cyclic N) is 1. The second-order valence-electron chi connectivity index (χ2n) is 3.73. The maximum absolute atomic E-state index is 11.1. The molecule has 1 aliphatic rings. The summed E-state index contributed by atoms with van der Waals surface area (Å²) in [5.41, 5.74) is -0.598. The minimum absolute atomic E-state index is 0.0181. The molecule has 0 aromatic carbocycles. The van der Waals surface area contributed by atoms with Crippen molar-refractivity contribution in [2.75, 3.05) is 26.2 Å². The largest absolute Gasteiger partial charge is 0.388 e. The molecule has 1 heterocycles. The van der Waals surface area contributed by atoms with E-state index in [1.54, 1.807) is 13.0 Å². The van der Waals surface area contributed by atoms with Crippen LogP contribution in [0.2, 0.25) is 0 Å². The molecular weight excluding hydrogens is 168 g/mol. The first-order valence-electron chi connectivity index (χ1n) is 4.36. The second-order valence-corrected chi connectivity index (χ2v) is 3.73. The van der Waals surface area contributed by atoms with Crippen molar-refractivity contribution < 1.29 is 9.90 Å². The number of amides is 1. The number of rotatable bonds is 4. The van der Waals surface area contributed by atoms with Gasteiger partial charge in [-0.1, -0.05) is 6.08 Å². The Morgan fingerprint density at radius 3 is 2.85 bits per heavy atom. The van der Waals surface area contributed by atoms with E-state index in [0.29, 0.717) is 26.2 Å². The highest BCUT2D eigenvalue weighted by Gasteiger charge is 2.36. The van der Waals surface area contributed by atoms with Gasteiger partial charge >= 0.3 is 0 Å². The van der Waals surface area contributed by atoms with Crippen LogP contribution in [0.4, 0.5) is 0 Å². The van der Waals surface area contributed by atoms with Crippen LogP contribution in [-0.4, -0.2) is 47.7 Å². The third-order valence-electron chi connectivity index (χ3n) is 1.94. The molecule has 1 rings (SSSR count). The lowest BCUT2D eigenvalue weighted by molar-refractivity contribution is -0.129. The average Bonchev–Trinajstić information content (AvgIpc) is 1.97. The van der Waals surface area contributed by atoms with E-state index in [0.717, 1.165) is 0 Å². The zero-order valence-corrected chi connectivity index (χ0v) is 7.92. The van der Waals surface area contributed by atoms with E-state index in [2.05, 4.69) is 11.9 Å². The van der Waals surface area contributed by atoms with Gasteiger partial charge in [-0.15, -0.1) is 6.58 Å². The highest BCUT2D eigenvalue weighted by molar-refractivity contribution is 5.78. The molecule has 0 spiro atoms. The van der Waals surface area contributed by atoms with Gasteiger partial charge in [0.2, 0.25) is 5.91 Å². The van der Waals surface area contributed by atoms with Crippen LogP contribution in [-0.2, 0) is 4.79 Å². The molecule has 0 aliphatic carbocycles. The fraction of sp³-hybridized carbons (Fsp3) is 0.667. The van der Waals surface area contributed by atoms with Crippen molar-refractivity contribution in [3.63, 3.8) is 0 Å². The van der Waals surface area contributed by atoms with Gasteiger partial charge in [0, 0.05) is 19.6 Å². The van der Waals surface area contributed by atoms with Crippen LogP contribution in [0.25, 0.3) is 0 Å². The quantitative estimate of drug-likeness (QED) is 0.571. The first-order chi connectivity index (χ1) is 6.03. The molecular formula is C9H16N2O2. The van der Waals surface area contributed by atoms with Crippen LogP contribution in [0.5, 0.6) is 0 Å². The number of aliphatic hydroxyl groups is 1. The average molecular weight is 184 g/mol. The van der Waals surface area contributed by atoms with Crippen LogP contribution in [0.15, 0.2) is 12.7 Å². The monoisotopic (exact) mass is 184 g/mol. The summed E-state index contributed by atoms with van der Waals surface area (Å²) in [4.78, 5) is 13.0. The van der Waals surface area contributed by atoms with Gasteiger partial charge in [0.25, 0.3) is 0 Å². The molecule has 0 bridgehead atoms. The van der Waals surface area contributed by atoms with E-state index < -0.39 is 5.60 Å². The summed E-state index contributed by atoms with van der Waals surface area (Å²) in [5, 5.41) is 12.1. The molecule has 2 N–H and O–H groups in total. The number of hydrogen-bond acceptors (Lipinski definition) is 3. The maximum atomic E-state index is 11.1. The highest BCUT2D eigenvalue weighted by Crippen LogP contribution is 2.18. The highest BCUT2D eigenvalue weighted by atomic mass is 16.3. The van der Waals surface area contributed by atoms with Crippen LogP contribution >= 0.6 is 0 Å². The molecule has 0 aromatic heterocycles. The van der Waals surface area contributed by atoms with Gasteiger partial charge in [-0.25, -0.2) is 0 Å². The molecule has 0 radical (unpaired) electrons. The number of likely N-dealkylation sites (tertiary alicyclic amines) is 1. The minimum atomic E-state index is -0.598. The van der Waals surface area contributed by atoms with Crippen LogP contribution in [0, 0.1) is 0 Å². The van der Waals surface area contributed by atoms with Gasteiger partial charge in [-0.2, -0.15) is 0 Å². The lowest BCUT2D eigenvalue weighted by Gasteiger charge is -2.43. The summed E-state index contributed by atoms with van der Waals surface area (Å²) in [6.45, 7) is 7.29. The normalized spacial score (nSPS) is 20.5. The summed E-state index contributed by atoms with van der Waals surface area (Å²) < 4.78 is 0. The molecule has 4 heteroatoms. The molecule has 1 saturated heterocycles. The van der Waals surface area contributed by atoms with Gasteiger partial charge in [-0.05, 0) is 6.92 Å². The molecule has 13 heavy (non-hydrogen) atoms. The number of carbonyl (C=O) groups is 1. The third-order valence-corrected chi connectivity index (χ3v) is 1.94. The Labute approximate surface area is 78.2 Å². The Hall–Kier alpha value is -0.870. The number of carbonyl (C=O) groups excluding carboxylic acids is 1. The van der Waals surface area contributed by atoms with E-state index in [9.17, 15) is 9.90 Å². The minimum Gasteiger partial charge on any atom is -0.388 e. The summed E-state index contributed by atoms with van der Waals surface area (Å²) in [6.07, 6.45) is 1.64.